The molecule has 0 N–H and O–H groups in total. The van der Waals surface area contributed by atoms with Crippen molar-refractivity contribution >= 4 is 29.2 Å². The van der Waals surface area contributed by atoms with Crippen LogP contribution in [0, 0.1) is 0 Å². The molecule has 0 atom stereocenters. The molecule has 0 aliphatic heterocycles. The highest BCUT2D eigenvalue weighted by Crippen LogP contribution is 2.33. The quantitative estimate of drug-likeness (QED) is 0.628. The van der Waals surface area contributed by atoms with E-state index in [0.717, 1.165) is 17.4 Å². The van der Waals surface area contributed by atoms with Gasteiger partial charge < -0.3 is 4.74 Å². The Morgan fingerprint density at radius 1 is 1.18 bits per heavy atom. The largest absolute Gasteiger partial charge is 0.488 e. The van der Waals surface area contributed by atoms with Crippen molar-refractivity contribution < 1.29 is 9.53 Å². The van der Waals surface area contributed by atoms with Gasteiger partial charge in [0.1, 0.15) is 12.4 Å². The molecule has 0 amide bonds. The Balaban J connectivity index is 1.89. The van der Waals surface area contributed by atoms with Gasteiger partial charge in [0.2, 0.25) is 0 Å². The highest BCUT2D eigenvalue weighted by Gasteiger charge is 2.11. The molecule has 0 unspecified atom stereocenters. The summed E-state index contributed by atoms with van der Waals surface area (Å²) in [4.78, 5) is 15.1. The predicted octanol–water partition coefficient (Wildman–Crippen LogP) is 4.86. The van der Waals surface area contributed by atoms with Crippen LogP contribution >= 0.6 is 22.9 Å². The van der Waals surface area contributed by atoms with Gasteiger partial charge in [-0.2, -0.15) is 0 Å². The Labute approximate surface area is 137 Å². The number of nitrogens with zero attached hydrogens (tertiary/aromatic N) is 1. The summed E-state index contributed by atoms with van der Waals surface area (Å²) in [7, 11) is 0. The Hall–Kier alpha value is -2.17. The number of thiazole rings is 1. The van der Waals surface area contributed by atoms with Gasteiger partial charge in [-0.3, -0.25) is 4.79 Å². The molecular weight excluding hydrogens is 318 g/mol. The second-order valence-corrected chi connectivity index (χ2v) is 5.93. The molecule has 0 saturated carbocycles. The average Bonchev–Trinajstić information content (AvgIpc) is 3.03. The topological polar surface area (TPSA) is 39.2 Å². The molecule has 1 aromatic heterocycles. The number of rotatable bonds is 5. The van der Waals surface area contributed by atoms with E-state index in [1.807, 2.05) is 41.8 Å². The number of benzene rings is 2. The molecule has 0 bridgehead atoms. The van der Waals surface area contributed by atoms with E-state index >= 15 is 0 Å². The summed E-state index contributed by atoms with van der Waals surface area (Å²) in [5.41, 5.74) is 2.56. The van der Waals surface area contributed by atoms with Crippen LogP contribution < -0.4 is 4.74 Å². The molecule has 0 spiro atoms. The van der Waals surface area contributed by atoms with E-state index in [1.54, 1.807) is 12.1 Å². The van der Waals surface area contributed by atoms with Crippen molar-refractivity contribution in [1.82, 2.24) is 4.98 Å². The fourth-order valence-electron chi connectivity index (χ4n) is 2.03. The lowest BCUT2D eigenvalue weighted by atomic mass is 10.1. The van der Waals surface area contributed by atoms with Gasteiger partial charge in [-0.1, -0.05) is 41.9 Å². The Morgan fingerprint density at radius 2 is 2.00 bits per heavy atom. The van der Waals surface area contributed by atoms with Crippen molar-refractivity contribution in [2.75, 3.05) is 0 Å². The molecule has 0 saturated heterocycles. The van der Waals surface area contributed by atoms with Gasteiger partial charge in [0.15, 0.2) is 11.3 Å². The van der Waals surface area contributed by atoms with Crippen LogP contribution in [0.3, 0.4) is 0 Å². The third-order valence-corrected chi connectivity index (χ3v) is 4.08. The van der Waals surface area contributed by atoms with Crippen LogP contribution in [0.5, 0.6) is 5.75 Å². The van der Waals surface area contributed by atoms with Crippen LogP contribution in [0.25, 0.3) is 11.3 Å². The third-order valence-electron chi connectivity index (χ3n) is 3.08. The molecule has 22 heavy (non-hydrogen) atoms. The number of halogens is 1. The normalized spacial score (nSPS) is 10.4. The summed E-state index contributed by atoms with van der Waals surface area (Å²) in [6, 6.07) is 15.3. The lowest BCUT2D eigenvalue weighted by molar-refractivity contribution is 0.112. The van der Waals surface area contributed by atoms with Crippen LogP contribution in [0.1, 0.15) is 15.4 Å². The summed E-state index contributed by atoms with van der Waals surface area (Å²) in [5.74, 6) is 0.691. The molecule has 0 aliphatic carbocycles. The van der Waals surface area contributed by atoms with Gasteiger partial charge >= 0.3 is 0 Å². The summed E-state index contributed by atoms with van der Waals surface area (Å²) in [5, 5.41) is 2.86. The molecule has 0 fully saturated rings. The maximum atomic E-state index is 10.8. The molecule has 3 nitrogen and oxygen atoms in total. The molecule has 3 aromatic rings. The zero-order chi connectivity index (χ0) is 15.4. The monoisotopic (exact) mass is 329 g/mol. The molecule has 0 radical (unpaired) electrons. The zero-order valence-electron chi connectivity index (χ0n) is 11.5. The fraction of sp³-hybridized carbons (Fsp3) is 0.0588. The van der Waals surface area contributed by atoms with Crippen molar-refractivity contribution in [3.8, 4) is 17.0 Å². The molecule has 2 aromatic carbocycles. The summed E-state index contributed by atoms with van der Waals surface area (Å²) < 4.78 is 5.89. The number of aldehydes is 1. The Bertz CT molecular complexity index is 786. The van der Waals surface area contributed by atoms with E-state index in [0.29, 0.717) is 28.1 Å². The van der Waals surface area contributed by atoms with Crippen molar-refractivity contribution in [1.29, 1.82) is 0 Å². The van der Waals surface area contributed by atoms with E-state index in [1.165, 1.54) is 11.3 Å². The zero-order valence-corrected chi connectivity index (χ0v) is 13.1. The van der Waals surface area contributed by atoms with E-state index in [4.69, 9.17) is 16.3 Å². The Morgan fingerprint density at radius 3 is 2.73 bits per heavy atom. The highest BCUT2D eigenvalue weighted by molar-refractivity contribution is 7.11. The average molecular weight is 330 g/mol. The fourth-order valence-corrected chi connectivity index (χ4v) is 2.82. The van der Waals surface area contributed by atoms with E-state index in [-0.39, 0.29) is 0 Å². The second kappa shape index (κ2) is 6.73. The van der Waals surface area contributed by atoms with Crippen LogP contribution in [0.2, 0.25) is 5.02 Å². The number of aromatic nitrogens is 1. The Kier molecular flexibility index (Phi) is 4.51. The third kappa shape index (κ3) is 3.35. The van der Waals surface area contributed by atoms with E-state index in [9.17, 15) is 4.79 Å². The molecule has 5 heteroatoms. The number of hydrogen-bond donors (Lipinski definition) is 0. The van der Waals surface area contributed by atoms with Crippen molar-refractivity contribution in [3.63, 3.8) is 0 Å². The van der Waals surface area contributed by atoms with Crippen LogP contribution in [-0.2, 0) is 6.61 Å². The van der Waals surface area contributed by atoms with Crippen molar-refractivity contribution in [2.45, 2.75) is 6.61 Å². The molecule has 110 valence electrons. The number of hydrogen-bond acceptors (Lipinski definition) is 4. The summed E-state index contributed by atoms with van der Waals surface area (Å²) in [6.45, 7) is 0.458. The molecule has 3 rings (SSSR count). The number of ether oxygens (including phenoxy) is 1. The number of carbonyl (C=O) groups excluding carboxylic acids is 1. The van der Waals surface area contributed by atoms with Gasteiger partial charge in [-0.25, -0.2) is 4.98 Å². The van der Waals surface area contributed by atoms with E-state index < -0.39 is 0 Å². The van der Waals surface area contributed by atoms with E-state index in [2.05, 4.69) is 4.98 Å². The van der Waals surface area contributed by atoms with Gasteiger partial charge in [-0.15, -0.1) is 11.3 Å². The maximum absolute atomic E-state index is 10.8. The lowest BCUT2D eigenvalue weighted by Gasteiger charge is -2.10. The van der Waals surface area contributed by atoms with Gasteiger partial charge in [0.25, 0.3) is 0 Å². The SMILES string of the molecule is O=Cc1nc(-c2cc(Cl)ccc2OCc2ccccc2)cs1. The van der Waals surface area contributed by atoms with Gasteiger partial charge in [-0.05, 0) is 23.8 Å². The minimum Gasteiger partial charge on any atom is -0.488 e. The summed E-state index contributed by atoms with van der Waals surface area (Å²) >= 11 is 7.37. The predicted molar refractivity (Wildman–Crippen MR) is 88.7 cm³/mol. The second-order valence-electron chi connectivity index (χ2n) is 4.60. The first-order chi connectivity index (χ1) is 10.8. The van der Waals surface area contributed by atoms with Gasteiger partial charge in [0, 0.05) is 16.0 Å². The van der Waals surface area contributed by atoms with Crippen LogP contribution in [0.4, 0.5) is 0 Å². The summed E-state index contributed by atoms with van der Waals surface area (Å²) in [6.07, 6.45) is 0.739. The molecular formula is C17H12ClNO2S. The maximum Gasteiger partial charge on any atom is 0.178 e. The van der Waals surface area contributed by atoms with Crippen LogP contribution in [0.15, 0.2) is 53.9 Å². The minimum atomic E-state index is 0.434. The van der Waals surface area contributed by atoms with Crippen molar-refractivity contribution in [3.05, 3.63) is 69.5 Å². The molecule has 1 heterocycles. The first kappa shape index (κ1) is 14.8. The van der Waals surface area contributed by atoms with Gasteiger partial charge in [0.05, 0.1) is 5.69 Å². The van der Waals surface area contributed by atoms with Crippen LogP contribution in [-0.4, -0.2) is 11.3 Å². The van der Waals surface area contributed by atoms with Crippen molar-refractivity contribution in [2.24, 2.45) is 0 Å². The molecule has 0 aliphatic rings. The lowest BCUT2D eigenvalue weighted by Crippen LogP contribution is -1.97. The number of carbonyl (C=O) groups is 1. The standard InChI is InChI=1S/C17H12ClNO2S/c18-13-6-7-16(21-10-12-4-2-1-3-5-12)14(8-13)15-11-22-17(9-20)19-15/h1-9,11H,10H2. The smallest absolute Gasteiger partial charge is 0.178 e. The highest BCUT2D eigenvalue weighted by atomic mass is 35.5. The first-order valence-corrected chi connectivity index (χ1v) is 7.89. The first-order valence-electron chi connectivity index (χ1n) is 6.63. The minimum absolute atomic E-state index is 0.434.